The average molecular weight is 264 g/mol. The Labute approximate surface area is 102 Å². The molecule has 1 atom stereocenters. The predicted octanol–water partition coefficient (Wildman–Crippen LogP) is -0.260. The number of sulfonamides is 1. The van der Waals surface area contributed by atoms with E-state index < -0.39 is 10.0 Å². The van der Waals surface area contributed by atoms with Gasteiger partial charge in [0.15, 0.2) is 0 Å². The fraction of sp³-hybridized carbons (Fsp3) is 0.900. The van der Waals surface area contributed by atoms with Crippen molar-refractivity contribution in [3.8, 4) is 0 Å². The van der Waals surface area contributed by atoms with Gasteiger partial charge in [-0.05, 0) is 25.7 Å². The van der Waals surface area contributed by atoms with Crippen LogP contribution in [-0.4, -0.2) is 39.3 Å². The number of carbonyl (C=O) groups excluding carboxylic acids is 1. The molecule has 1 heterocycles. The van der Waals surface area contributed by atoms with Gasteiger partial charge in [0.2, 0.25) is 15.9 Å². The van der Waals surface area contributed by atoms with Crippen molar-refractivity contribution in [3.63, 3.8) is 0 Å². The summed E-state index contributed by atoms with van der Waals surface area (Å²) in [7, 11) is -3.49. The van der Waals surface area contributed by atoms with Gasteiger partial charge in [-0.3, -0.25) is 4.79 Å². The smallest absolute Gasteiger partial charge is 0.220 e. The van der Waals surface area contributed by atoms with Gasteiger partial charge in [0.25, 0.3) is 0 Å². The molecular formula is C10H20N2O4S. The van der Waals surface area contributed by atoms with Gasteiger partial charge in [-0.2, -0.15) is 0 Å². The molecule has 0 bridgehead atoms. The van der Waals surface area contributed by atoms with Crippen molar-refractivity contribution < 1.29 is 17.9 Å². The molecule has 1 aliphatic heterocycles. The highest BCUT2D eigenvalue weighted by atomic mass is 32.2. The Hall–Kier alpha value is -0.660. The fourth-order valence-electron chi connectivity index (χ4n) is 1.75. The van der Waals surface area contributed by atoms with Crippen LogP contribution in [0.3, 0.4) is 0 Å². The molecule has 3 N–H and O–H groups in total. The minimum absolute atomic E-state index is 0.0726. The lowest BCUT2D eigenvalue weighted by Crippen LogP contribution is -2.32. The van der Waals surface area contributed by atoms with Crippen LogP contribution in [-0.2, 0) is 19.6 Å². The molecule has 1 aliphatic rings. The largest absolute Gasteiger partial charge is 0.378 e. The normalized spacial score (nSPS) is 21.1. The summed E-state index contributed by atoms with van der Waals surface area (Å²) < 4.78 is 26.7. The quantitative estimate of drug-likeness (QED) is 0.690. The molecule has 6 nitrogen and oxygen atoms in total. The maximum atomic E-state index is 11.4. The van der Waals surface area contributed by atoms with Crippen molar-refractivity contribution in [2.24, 2.45) is 5.14 Å². The molecule has 0 aromatic heterocycles. The van der Waals surface area contributed by atoms with Gasteiger partial charge in [0, 0.05) is 19.6 Å². The summed E-state index contributed by atoms with van der Waals surface area (Å²) in [5.41, 5.74) is 0. The summed E-state index contributed by atoms with van der Waals surface area (Å²) >= 11 is 0. The number of hydrogen-bond acceptors (Lipinski definition) is 4. The monoisotopic (exact) mass is 264 g/mol. The molecule has 1 amide bonds. The molecule has 1 rings (SSSR count). The van der Waals surface area contributed by atoms with Crippen LogP contribution in [0.5, 0.6) is 0 Å². The summed E-state index contributed by atoms with van der Waals surface area (Å²) in [5, 5.41) is 7.34. The molecule has 0 aliphatic carbocycles. The van der Waals surface area contributed by atoms with Crippen LogP contribution in [0.15, 0.2) is 0 Å². The summed E-state index contributed by atoms with van der Waals surface area (Å²) in [5.74, 6) is -0.374. The number of rotatable bonds is 6. The van der Waals surface area contributed by atoms with Gasteiger partial charge < -0.3 is 10.1 Å². The topological polar surface area (TPSA) is 98.5 Å². The number of carbonyl (C=O) groups is 1. The van der Waals surface area contributed by atoms with Gasteiger partial charge in [-0.15, -0.1) is 0 Å². The standard InChI is InChI=1S/C10H20N2O4S/c11-17(14,15)8-6-12-10(13)5-4-9-3-1-2-7-16-9/h9H,1-8H2,(H,12,13)(H2,11,14,15). The number of nitrogens with one attached hydrogen (secondary N) is 1. The predicted molar refractivity (Wildman–Crippen MR) is 63.8 cm³/mol. The van der Waals surface area contributed by atoms with Crippen LogP contribution in [0.2, 0.25) is 0 Å². The van der Waals surface area contributed by atoms with E-state index in [9.17, 15) is 13.2 Å². The fourth-order valence-corrected chi connectivity index (χ4v) is 2.13. The second-order valence-corrected chi connectivity index (χ2v) is 5.98. The van der Waals surface area contributed by atoms with E-state index in [-0.39, 0.29) is 24.3 Å². The van der Waals surface area contributed by atoms with Crippen molar-refractivity contribution in [1.82, 2.24) is 5.32 Å². The van der Waals surface area contributed by atoms with E-state index in [2.05, 4.69) is 5.32 Å². The Morgan fingerprint density at radius 1 is 1.41 bits per heavy atom. The van der Waals surface area contributed by atoms with Gasteiger partial charge in [0.05, 0.1) is 11.9 Å². The summed E-state index contributed by atoms with van der Waals surface area (Å²) in [4.78, 5) is 11.4. The highest BCUT2D eigenvalue weighted by molar-refractivity contribution is 7.89. The van der Waals surface area contributed by atoms with Crippen molar-refractivity contribution in [3.05, 3.63) is 0 Å². The zero-order valence-corrected chi connectivity index (χ0v) is 10.7. The number of nitrogens with two attached hydrogens (primary N) is 1. The van der Waals surface area contributed by atoms with E-state index in [1.807, 2.05) is 0 Å². The lowest BCUT2D eigenvalue weighted by atomic mass is 10.0. The summed E-state index contributed by atoms with van der Waals surface area (Å²) in [6.07, 6.45) is 4.49. The third kappa shape index (κ3) is 7.30. The minimum atomic E-state index is -3.49. The van der Waals surface area contributed by atoms with Crippen molar-refractivity contribution >= 4 is 15.9 Å². The first-order valence-corrected chi connectivity index (χ1v) is 7.58. The molecule has 0 radical (unpaired) electrons. The first-order chi connectivity index (χ1) is 7.97. The molecule has 0 saturated carbocycles. The molecular weight excluding hydrogens is 244 g/mol. The third-order valence-electron chi connectivity index (χ3n) is 2.68. The molecule has 7 heteroatoms. The van der Waals surface area contributed by atoms with E-state index in [4.69, 9.17) is 9.88 Å². The lowest BCUT2D eigenvalue weighted by molar-refractivity contribution is -0.122. The molecule has 17 heavy (non-hydrogen) atoms. The first-order valence-electron chi connectivity index (χ1n) is 5.86. The SMILES string of the molecule is NS(=O)(=O)CCNC(=O)CCC1CCCCO1. The van der Waals surface area contributed by atoms with Crippen LogP contribution in [0, 0.1) is 0 Å². The second kappa shape index (κ2) is 6.93. The van der Waals surface area contributed by atoms with Crippen LogP contribution in [0.4, 0.5) is 0 Å². The molecule has 1 saturated heterocycles. The number of amides is 1. The molecule has 0 aromatic carbocycles. The number of primary sulfonamides is 1. The van der Waals surface area contributed by atoms with E-state index >= 15 is 0 Å². The Kier molecular flexibility index (Phi) is 5.87. The van der Waals surface area contributed by atoms with Crippen molar-refractivity contribution in [2.75, 3.05) is 18.9 Å². The molecule has 1 fully saturated rings. The molecule has 100 valence electrons. The molecule has 1 unspecified atom stereocenters. The van der Waals surface area contributed by atoms with Crippen molar-refractivity contribution in [2.45, 2.75) is 38.2 Å². The van der Waals surface area contributed by atoms with E-state index in [1.165, 1.54) is 0 Å². The van der Waals surface area contributed by atoms with E-state index in [1.54, 1.807) is 0 Å². The van der Waals surface area contributed by atoms with Gasteiger partial charge in [-0.1, -0.05) is 0 Å². The zero-order chi connectivity index (χ0) is 12.7. The Morgan fingerprint density at radius 2 is 2.18 bits per heavy atom. The average Bonchev–Trinajstić information content (AvgIpc) is 2.26. The third-order valence-corrected chi connectivity index (χ3v) is 3.45. The first kappa shape index (κ1) is 14.4. The maximum Gasteiger partial charge on any atom is 0.220 e. The number of hydrogen-bond donors (Lipinski definition) is 2. The van der Waals surface area contributed by atoms with Crippen LogP contribution in [0.25, 0.3) is 0 Å². The van der Waals surface area contributed by atoms with Gasteiger partial charge >= 0.3 is 0 Å². The summed E-state index contributed by atoms with van der Waals surface area (Å²) in [6.45, 7) is 0.848. The van der Waals surface area contributed by atoms with Gasteiger partial charge in [-0.25, -0.2) is 13.6 Å². The van der Waals surface area contributed by atoms with E-state index in [0.717, 1.165) is 25.9 Å². The lowest BCUT2D eigenvalue weighted by Gasteiger charge is -2.22. The Bertz CT molecular complexity index is 336. The zero-order valence-electron chi connectivity index (χ0n) is 9.85. The van der Waals surface area contributed by atoms with Crippen LogP contribution in [0.1, 0.15) is 32.1 Å². The van der Waals surface area contributed by atoms with Crippen LogP contribution >= 0.6 is 0 Å². The Morgan fingerprint density at radius 3 is 2.76 bits per heavy atom. The van der Waals surface area contributed by atoms with E-state index in [0.29, 0.717) is 12.8 Å². The highest BCUT2D eigenvalue weighted by Crippen LogP contribution is 2.16. The highest BCUT2D eigenvalue weighted by Gasteiger charge is 2.15. The molecule has 0 spiro atoms. The minimum Gasteiger partial charge on any atom is -0.378 e. The second-order valence-electron chi connectivity index (χ2n) is 4.24. The Balaban J connectivity index is 2.08. The van der Waals surface area contributed by atoms with Gasteiger partial charge in [0.1, 0.15) is 0 Å². The molecule has 0 aromatic rings. The maximum absolute atomic E-state index is 11.4. The van der Waals surface area contributed by atoms with Crippen molar-refractivity contribution in [1.29, 1.82) is 0 Å². The number of ether oxygens (including phenoxy) is 1. The van der Waals surface area contributed by atoms with Crippen LogP contribution < -0.4 is 10.5 Å². The summed E-state index contributed by atoms with van der Waals surface area (Å²) in [6, 6.07) is 0.